The molecule has 0 amide bonds. The van der Waals surface area contributed by atoms with Crippen LogP contribution in [0.4, 0.5) is 0 Å². The average Bonchev–Trinajstić information content (AvgIpc) is 2.36. The minimum absolute atomic E-state index is 0.164. The van der Waals surface area contributed by atoms with Crippen LogP contribution in [0.1, 0.15) is 26.2 Å². The smallest absolute Gasteiger partial charge is 0.0845 e. The molecule has 0 bridgehead atoms. The number of rotatable bonds is 7. The van der Waals surface area contributed by atoms with Gasteiger partial charge in [0.05, 0.1) is 14.2 Å². The zero-order valence-electron chi connectivity index (χ0n) is 11.9. The van der Waals surface area contributed by atoms with E-state index in [4.69, 9.17) is 0 Å². The van der Waals surface area contributed by atoms with Crippen LogP contribution in [0.25, 0.3) is 0 Å². The molecule has 0 saturated carbocycles. The van der Waals surface area contributed by atoms with E-state index < -0.39 is 8.07 Å². The molecule has 1 aromatic rings. The summed E-state index contributed by atoms with van der Waals surface area (Å²) < 4.78 is 0. The second kappa shape index (κ2) is 6.91. The minimum atomic E-state index is -1.41. The second-order valence-corrected chi connectivity index (χ2v) is 10.5. The predicted octanol–water partition coefficient (Wildman–Crippen LogP) is 3.71. The van der Waals surface area contributed by atoms with Crippen molar-refractivity contribution in [3.63, 3.8) is 0 Å². The highest BCUT2D eigenvalue weighted by Crippen LogP contribution is 2.20. The van der Waals surface area contributed by atoms with Crippen molar-refractivity contribution in [2.24, 2.45) is 0 Å². The first kappa shape index (κ1) is 15.2. The first-order chi connectivity index (χ1) is 8.45. The summed E-state index contributed by atoms with van der Waals surface area (Å²) in [6, 6.07) is 11.9. The fraction of sp³-hybridized carbons (Fsp3) is 0.500. The van der Waals surface area contributed by atoms with Crippen molar-refractivity contribution in [3.8, 4) is 0 Å². The van der Waals surface area contributed by atoms with Gasteiger partial charge in [0.25, 0.3) is 0 Å². The van der Waals surface area contributed by atoms with Crippen molar-refractivity contribution in [2.75, 3.05) is 0 Å². The van der Waals surface area contributed by atoms with Crippen molar-refractivity contribution in [1.82, 2.24) is 0 Å². The molecule has 1 aromatic carbocycles. The number of hydrogen-bond donors (Lipinski definition) is 1. The molecule has 0 aliphatic heterocycles. The molecule has 18 heavy (non-hydrogen) atoms. The van der Waals surface area contributed by atoms with Crippen molar-refractivity contribution in [2.45, 2.75) is 51.4 Å². The third-order valence-electron chi connectivity index (χ3n) is 3.55. The molecule has 1 atom stereocenters. The summed E-state index contributed by atoms with van der Waals surface area (Å²) in [6.07, 6.45) is 2.49. The topological polar surface area (TPSA) is 20.2 Å². The van der Waals surface area contributed by atoms with Gasteiger partial charge in [0.1, 0.15) is 0 Å². The molecule has 0 radical (unpaired) electrons. The van der Waals surface area contributed by atoms with Crippen LogP contribution in [0, 0.1) is 0 Å². The van der Waals surface area contributed by atoms with Gasteiger partial charge >= 0.3 is 0 Å². The Bertz CT molecular complexity index is 370. The van der Waals surface area contributed by atoms with Gasteiger partial charge < -0.3 is 5.11 Å². The Morgan fingerprint density at radius 2 is 1.89 bits per heavy atom. The van der Waals surface area contributed by atoms with Crippen LogP contribution in [-0.4, -0.2) is 19.3 Å². The molecule has 100 valence electrons. The lowest BCUT2D eigenvalue weighted by Gasteiger charge is -2.24. The first-order valence-electron chi connectivity index (χ1n) is 6.86. The zero-order chi connectivity index (χ0) is 13.6. The number of aliphatic hydroxyl groups excluding tert-OH is 1. The molecule has 0 aromatic heterocycles. The minimum Gasteiger partial charge on any atom is -0.393 e. The summed E-state index contributed by atoms with van der Waals surface area (Å²) in [6.45, 7) is 11.0. The van der Waals surface area contributed by atoms with Crippen molar-refractivity contribution in [1.29, 1.82) is 0 Å². The normalized spacial score (nSPS) is 13.3. The van der Waals surface area contributed by atoms with Gasteiger partial charge in [-0.2, -0.15) is 0 Å². The molecule has 0 fully saturated rings. The summed E-state index contributed by atoms with van der Waals surface area (Å²) in [5.74, 6) is 0. The van der Waals surface area contributed by atoms with Crippen LogP contribution < -0.4 is 5.19 Å². The second-order valence-electron chi connectivity index (χ2n) is 5.78. The van der Waals surface area contributed by atoms with Crippen molar-refractivity contribution >= 4 is 13.3 Å². The van der Waals surface area contributed by atoms with Crippen LogP contribution in [0.5, 0.6) is 0 Å². The molecule has 0 aliphatic rings. The molecule has 2 heteroatoms. The summed E-state index contributed by atoms with van der Waals surface area (Å²) in [5, 5.41) is 11.1. The monoisotopic (exact) mass is 262 g/mol. The maximum atomic E-state index is 9.59. The quantitative estimate of drug-likeness (QED) is 0.587. The molecular weight excluding hydrogens is 236 g/mol. The SMILES string of the molecule is C=C(CCC(O)CC)C[Si](C)(C)c1ccccc1. The molecule has 0 saturated heterocycles. The van der Waals surface area contributed by atoms with E-state index in [0.29, 0.717) is 0 Å². The molecule has 1 N–H and O–H groups in total. The number of hydrogen-bond acceptors (Lipinski definition) is 1. The Hall–Kier alpha value is -0.863. The summed E-state index contributed by atoms with van der Waals surface area (Å²) in [7, 11) is -1.41. The Kier molecular flexibility index (Phi) is 5.83. The molecule has 0 heterocycles. The fourth-order valence-electron chi connectivity index (χ4n) is 2.28. The van der Waals surface area contributed by atoms with Gasteiger partial charge in [0.15, 0.2) is 0 Å². The van der Waals surface area contributed by atoms with E-state index in [1.165, 1.54) is 10.8 Å². The van der Waals surface area contributed by atoms with Gasteiger partial charge in [0, 0.05) is 0 Å². The first-order valence-corrected chi connectivity index (χ1v) is 10.1. The van der Waals surface area contributed by atoms with Crippen LogP contribution in [0.3, 0.4) is 0 Å². The van der Waals surface area contributed by atoms with Crippen molar-refractivity contribution < 1.29 is 5.11 Å². The molecule has 0 aliphatic carbocycles. The third kappa shape index (κ3) is 4.79. The maximum Gasteiger partial charge on any atom is 0.0845 e. The van der Waals surface area contributed by atoms with E-state index in [1.54, 1.807) is 0 Å². The largest absolute Gasteiger partial charge is 0.393 e. The van der Waals surface area contributed by atoms with Crippen LogP contribution in [0.15, 0.2) is 42.5 Å². The van der Waals surface area contributed by atoms with Crippen molar-refractivity contribution in [3.05, 3.63) is 42.5 Å². The summed E-state index contributed by atoms with van der Waals surface area (Å²) in [5.41, 5.74) is 1.29. The molecular formula is C16H26OSi. The number of benzene rings is 1. The Balaban J connectivity index is 2.53. The third-order valence-corrected chi connectivity index (χ3v) is 6.83. The molecule has 1 rings (SSSR count). The Morgan fingerprint density at radius 1 is 1.28 bits per heavy atom. The van der Waals surface area contributed by atoms with E-state index >= 15 is 0 Å². The van der Waals surface area contributed by atoms with Gasteiger partial charge in [-0.15, -0.1) is 6.58 Å². The molecule has 1 unspecified atom stereocenters. The summed E-state index contributed by atoms with van der Waals surface area (Å²) in [4.78, 5) is 0. The van der Waals surface area contributed by atoms with E-state index in [-0.39, 0.29) is 6.10 Å². The lowest BCUT2D eigenvalue weighted by molar-refractivity contribution is 0.160. The van der Waals surface area contributed by atoms with Gasteiger partial charge in [-0.3, -0.25) is 0 Å². The fourth-order valence-corrected chi connectivity index (χ4v) is 5.01. The van der Waals surface area contributed by atoms with E-state index in [1.807, 2.05) is 6.92 Å². The van der Waals surface area contributed by atoms with Gasteiger partial charge in [-0.1, -0.05) is 61.1 Å². The highest BCUT2D eigenvalue weighted by molar-refractivity contribution is 6.90. The predicted molar refractivity (Wildman–Crippen MR) is 83.0 cm³/mol. The molecule has 0 spiro atoms. The molecule has 1 nitrogen and oxygen atoms in total. The Morgan fingerprint density at radius 3 is 2.44 bits per heavy atom. The number of allylic oxidation sites excluding steroid dienone is 1. The van der Waals surface area contributed by atoms with Gasteiger partial charge in [-0.05, 0) is 25.3 Å². The lowest BCUT2D eigenvalue weighted by Crippen LogP contribution is -2.41. The van der Waals surface area contributed by atoms with E-state index in [9.17, 15) is 5.11 Å². The maximum absolute atomic E-state index is 9.59. The summed E-state index contributed by atoms with van der Waals surface area (Å²) >= 11 is 0. The Labute approximate surface area is 113 Å². The van der Waals surface area contributed by atoms with E-state index in [0.717, 1.165) is 25.3 Å². The lowest BCUT2D eigenvalue weighted by atomic mass is 10.1. The van der Waals surface area contributed by atoms with Gasteiger partial charge in [0.2, 0.25) is 0 Å². The average molecular weight is 262 g/mol. The van der Waals surface area contributed by atoms with Crippen LogP contribution in [0.2, 0.25) is 19.1 Å². The van der Waals surface area contributed by atoms with Gasteiger partial charge in [-0.25, -0.2) is 0 Å². The van der Waals surface area contributed by atoms with Crippen LogP contribution in [-0.2, 0) is 0 Å². The van der Waals surface area contributed by atoms with Crippen LogP contribution >= 0.6 is 0 Å². The number of aliphatic hydroxyl groups is 1. The standard InChI is InChI=1S/C16H26OSi/c1-5-15(17)12-11-14(2)13-18(3,4)16-9-7-6-8-10-16/h6-10,15,17H,2,5,11-13H2,1,3-4H3. The highest BCUT2D eigenvalue weighted by Gasteiger charge is 2.23. The zero-order valence-corrected chi connectivity index (χ0v) is 12.9. The highest BCUT2D eigenvalue weighted by atomic mass is 28.3. The van der Waals surface area contributed by atoms with E-state index in [2.05, 4.69) is 50.0 Å².